The van der Waals surface area contributed by atoms with Gasteiger partial charge in [0.05, 0.1) is 13.0 Å². The number of nitrogens with zero attached hydrogens (tertiary/aromatic N) is 12. The number of Topliss-reactive ketones (excluding diaryl/α,β-unsaturated/α-hetero) is 1. The van der Waals surface area contributed by atoms with Gasteiger partial charge in [-0.3, -0.25) is 24.0 Å². The lowest BCUT2D eigenvalue weighted by molar-refractivity contribution is -0.174. The average Bonchev–Trinajstić information content (AvgIpc) is 3.35. The summed E-state index contributed by atoms with van der Waals surface area (Å²) in [6.45, 7) is 24.5. The minimum absolute atomic E-state index is 0.0209. The zero-order valence-corrected chi connectivity index (χ0v) is 41.2. The number of carbonyl (C=O) groups is 5. The van der Waals surface area contributed by atoms with Crippen LogP contribution in [0.5, 0.6) is 0 Å². The predicted molar refractivity (Wildman–Crippen MR) is 255 cm³/mol. The van der Waals surface area contributed by atoms with Gasteiger partial charge in [0.1, 0.15) is 12.2 Å². The third-order valence-corrected chi connectivity index (χ3v) is 16.3. The summed E-state index contributed by atoms with van der Waals surface area (Å²) in [5, 5.41) is 34.5. The number of amides is 4. The summed E-state index contributed by atoms with van der Waals surface area (Å²) in [6, 6.07) is 0.496. The molecule has 0 aromatic heterocycles. The van der Waals surface area contributed by atoms with E-state index >= 15 is 0 Å². The van der Waals surface area contributed by atoms with Crippen molar-refractivity contribution in [1.82, 2.24) is 75.8 Å². The first-order valence-corrected chi connectivity index (χ1v) is 26.3. The maximum Gasteiger partial charge on any atom is 0.234 e. The molecule has 0 atom stereocenters. The SMILES string of the molecule is CNCC(=O)NC1CCC(CC2CCC(NC(=O)CC(=O)N3CCN(N4CCN(N5CCN(N6CCN(N7CCN(N8CCN(C(=O)CC(C)=O)CC8)CC7)CC6)CC5)CC4)CC3)CC2)CC1. The van der Waals surface area contributed by atoms with Gasteiger partial charge in [-0.25, -0.2) is 50.1 Å². The normalized spacial score (nSPS) is 29.8. The second-order valence-corrected chi connectivity index (χ2v) is 20.7. The number of ketones is 1. The molecule has 67 heavy (non-hydrogen) atoms. The molecule has 2 saturated carbocycles. The van der Waals surface area contributed by atoms with E-state index < -0.39 is 0 Å². The monoisotopic (exact) mass is 940 g/mol. The van der Waals surface area contributed by atoms with Crippen LogP contribution in [-0.4, -0.2) is 272 Å². The fourth-order valence-electron chi connectivity index (χ4n) is 12.3. The molecule has 8 rings (SSSR count). The average molecular weight is 940 g/mol. The second-order valence-electron chi connectivity index (χ2n) is 20.7. The second kappa shape index (κ2) is 24.8. The predicted octanol–water partition coefficient (Wildman–Crippen LogP) is -1.35. The Morgan fingerprint density at radius 1 is 0.373 bits per heavy atom. The topological polar surface area (TPSA) is 160 Å². The van der Waals surface area contributed by atoms with E-state index in [-0.39, 0.29) is 48.3 Å². The van der Waals surface area contributed by atoms with E-state index in [1.165, 1.54) is 26.2 Å². The summed E-state index contributed by atoms with van der Waals surface area (Å²) < 4.78 is 0. The summed E-state index contributed by atoms with van der Waals surface area (Å²) in [4.78, 5) is 65.6. The van der Waals surface area contributed by atoms with Crippen LogP contribution < -0.4 is 16.0 Å². The Balaban J connectivity index is 0.639. The molecule has 0 spiro atoms. The van der Waals surface area contributed by atoms with Crippen LogP contribution in [0.1, 0.15) is 77.6 Å². The Hall–Kier alpha value is -2.89. The number of hydrogen-bond donors (Lipinski definition) is 3. The summed E-state index contributed by atoms with van der Waals surface area (Å²) in [5.74, 6) is 1.28. The maximum atomic E-state index is 13.2. The van der Waals surface area contributed by atoms with Crippen LogP contribution in [0.3, 0.4) is 0 Å². The molecule has 3 N–H and O–H groups in total. The van der Waals surface area contributed by atoms with E-state index in [0.717, 1.165) is 175 Å². The van der Waals surface area contributed by atoms with Gasteiger partial charge in [-0.1, -0.05) is 0 Å². The Morgan fingerprint density at radius 2 is 0.642 bits per heavy atom. The first-order valence-electron chi connectivity index (χ1n) is 26.3. The molecule has 0 bridgehead atoms. The molecule has 20 heteroatoms. The van der Waals surface area contributed by atoms with E-state index in [9.17, 15) is 24.0 Å². The number of hydrazine groups is 5. The smallest absolute Gasteiger partial charge is 0.234 e. The highest BCUT2D eigenvalue weighted by molar-refractivity contribution is 5.97. The fraction of sp³-hybridized carbons (Fsp3) is 0.894. The van der Waals surface area contributed by atoms with Gasteiger partial charge in [0.25, 0.3) is 0 Å². The van der Waals surface area contributed by atoms with Gasteiger partial charge < -0.3 is 25.8 Å². The zero-order chi connectivity index (χ0) is 46.7. The number of carbonyl (C=O) groups excluding carboxylic acids is 5. The molecule has 2 aliphatic carbocycles. The highest BCUT2D eigenvalue weighted by atomic mass is 16.2. The van der Waals surface area contributed by atoms with Crippen molar-refractivity contribution in [2.45, 2.75) is 89.6 Å². The third-order valence-electron chi connectivity index (χ3n) is 16.3. The molecule has 6 aliphatic heterocycles. The van der Waals surface area contributed by atoms with E-state index in [2.05, 4.69) is 66.0 Å². The van der Waals surface area contributed by atoms with Crippen LogP contribution in [0.4, 0.5) is 0 Å². The molecular weight excluding hydrogens is 855 g/mol. The molecule has 20 nitrogen and oxygen atoms in total. The molecule has 0 aromatic rings. The van der Waals surface area contributed by atoms with Crippen LogP contribution in [-0.2, 0) is 24.0 Å². The molecule has 0 radical (unpaired) electrons. The molecule has 8 aliphatic rings. The number of rotatable bonds is 15. The first kappa shape index (κ1) is 50.5. The van der Waals surface area contributed by atoms with Crippen molar-refractivity contribution in [2.24, 2.45) is 11.8 Å². The van der Waals surface area contributed by atoms with Crippen LogP contribution >= 0.6 is 0 Å². The molecular formula is C47H85N15O5. The van der Waals surface area contributed by atoms with Gasteiger partial charge >= 0.3 is 0 Å². The third kappa shape index (κ3) is 14.4. The van der Waals surface area contributed by atoms with E-state index in [0.29, 0.717) is 44.7 Å². The Morgan fingerprint density at radius 3 is 0.925 bits per heavy atom. The van der Waals surface area contributed by atoms with Gasteiger partial charge in [0.2, 0.25) is 23.6 Å². The Bertz CT molecular complexity index is 1600. The summed E-state index contributed by atoms with van der Waals surface area (Å²) >= 11 is 0. The Kier molecular flexibility index (Phi) is 18.7. The first-order chi connectivity index (χ1) is 32.6. The zero-order valence-electron chi connectivity index (χ0n) is 41.2. The van der Waals surface area contributed by atoms with Crippen molar-refractivity contribution in [3.8, 4) is 0 Å². The number of piperazine rings is 6. The van der Waals surface area contributed by atoms with Gasteiger partial charge in [-0.15, -0.1) is 0 Å². The van der Waals surface area contributed by atoms with Crippen LogP contribution in [0.2, 0.25) is 0 Å². The Labute approximate surface area is 400 Å². The minimum atomic E-state index is -0.122. The van der Waals surface area contributed by atoms with E-state index in [1.54, 1.807) is 7.05 Å². The minimum Gasteiger partial charge on any atom is -0.353 e. The van der Waals surface area contributed by atoms with Crippen molar-refractivity contribution < 1.29 is 24.0 Å². The lowest BCUT2D eigenvalue weighted by Gasteiger charge is -2.51. The largest absolute Gasteiger partial charge is 0.353 e. The van der Waals surface area contributed by atoms with Crippen LogP contribution in [0.15, 0.2) is 0 Å². The fourth-order valence-corrected chi connectivity index (χ4v) is 12.3. The van der Waals surface area contributed by atoms with Crippen molar-refractivity contribution in [1.29, 1.82) is 0 Å². The quantitative estimate of drug-likeness (QED) is 0.165. The lowest BCUT2D eigenvalue weighted by Crippen LogP contribution is -2.66. The van der Waals surface area contributed by atoms with Crippen LogP contribution in [0, 0.1) is 11.8 Å². The van der Waals surface area contributed by atoms with Crippen LogP contribution in [0.25, 0.3) is 0 Å². The number of hydrogen-bond acceptors (Lipinski definition) is 16. The molecule has 8 fully saturated rings. The van der Waals surface area contributed by atoms with Crippen molar-refractivity contribution in [2.75, 3.05) is 171 Å². The van der Waals surface area contributed by atoms with Gasteiger partial charge in [-0.05, 0) is 83.6 Å². The van der Waals surface area contributed by atoms with E-state index in [4.69, 9.17) is 0 Å². The van der Waals surface area contributed by atoms with Crippen molar-refractivity contribution >= 4 is 29.4 Å². The van der Waals surface area contributed by atoms with Crippen molar-refractivity contribution in [3.05, 3.63) is 0 Å². The van der Waals surface area contributed by atoms with Gasteiger partial charge in [-0.2, -0.15) is 0 Å². The lowest BCUT2D eigenvalue weighted by atomic mass is 9.75. The summed E-state index contributed by atoms with van der Waals surface area (Å²) in [5.41, 5.74) is 0. The standard InChI is InChI=1S/C47H85N15O5/c1-39(63)35-46(66)51-11-15-53(16-12-51)55-19-23-57(24-20-55)59-27-31-61(32-28-59)62-33-29-60(30-34-62)58-25-21-56(22-26-58)54-17-13-52(14-18-54)47(67)37-44(64)49-42-7-3-40(4-8-42)36-41-5-9-43(10-6-41)50-45(65)38-48-2/h40-43,48H,3-38H2,1-2H3,(H,49,64)(H,50,65). The molecule has 0 aromatic carbocycles. The molecule has 6 saturated heterocycles. The molecule has 0 unspecified atom stereocenters. The highest BCUT2D eigenvalue weighted by Crippen LogP contribution is 2.35. The maximum absolute atomic E-state index is 13.2. The van der Waals surface area contributed by atoms with Gasteiger partial charge in [0.15, 0.2) is 0 Å². The summed E-state index contributed by atoms with van der Waals surface area (Å²) in [7, 11) is 1.80. The summed E-state index contributed by atoms with van der Waals surface area (Å²) in [6.07, 6.45) is 10.0. The molecule has 4 amide bonds. The highest BCUT2D eigenvalue weighted by Gasteiger charge is 2.35. The van der Waals surface area contributed by atoms with Gasteiger partial charge in [0, 0.05) is 169 Å². The van der Waals surface area contributed by atoms with Crippen molar-refractivity contribution in [3.63, 3.8) is 0 Å². The number of likely N-dealkylation sites (N-methyl/N-ethyl adjacent to an activating group) is 1. The number of nitrogens with one attached hydrogen (secondary N) is 3. The molecule has 378 valence electrons. The van der Waals surface area contributed by atoms with E-state index in [1.807, 2.05) is 9.80 Å². The molecule has 6 heterocycles.